The predicted molar refractivity (Wildman–Crippen MR) is 88.0 cm³/mol. The van der Waals surface area contributed by atoms with Crippen molar-refractivity contribution in [1.29, 1.82) is 0 Å². The molecule has 1 aromatic rings. The van der Waals surface area contributed by atoms with Crippen LogP contribution in [-0.4, -0.2) is 6.54 Å². The van der Waals surface area contributed by atoms with Gasteiger partial charge >= 0.3 is 0 Å². The van der Waals surface area contributed by atoms with E-state index < -0.39 is 0 Å². The molecule has 0 radical (unpaired) electrons. The average molecular weight is 352 g/mol. The van der Waals surface area contributed by atoms with E-state index in [9.17, 15) is 0 Å². The van der Waals surface area contributed by atoms with Gasteiger partial charge in [0.05, 0.1) is 16.8 Å². The van der Waals surface area contributed by atoms with Gasteiger partial charge in [0, 0.05) is 0 Å². The number of hydrogen-bond acceptors (Lipinski definition) is 2. The molecule has 0 spiro atoms. The molecule has 1 N–H and O–H groups in total. The van der Waals surface area contributed by atoms with Crippen molar-refractivity contribution in [3.8, 4) is 0 Å². The second-order valence-electron chi connectivity index (χ2n) is 8.26. The third kappa shape index (κ3) is 2.23. The maximum absolute atomic E-state index is 5.89. The maximum Gasteiger partial charge on any atom is 0.135 e. The first-order valence-electron chi connectivity index (χ1n) is 8.50. The van der Waals surface area contributed by atoms with Gasteiger partial charge in [-0.2, -0.15) is 0 Å². The molecule has 2 nitrogen and oxygen atoms in total. The van der Waals surface area contributed by atoms with Gasteiger partial charge in [-0.3, -0.25) is 0 Å². The van der Waals surface area contributed by atoms with E-state index >= 15 is 0 Å². The lowest BCUT2D eigenvalue weighted by molar-refractivity contribution is -0.121. The van der Waals surface area contributed by atoms with Gasteiger partial charge in [0.25, 0.3) is 0 Å². The minimum atomic E-state index is 0.372. The highest BCUT2D eigenvalue weighted by Gasteiger charge is 2.59. The molecular weight excluding hydrogens is 326 g/mol. The molecule has 1 heterocycles. The molecule has 3 unspecified atom stereocenters. The number of rotatable bonds is 4. The fourth-order valence-electron chi connectivity index (χ4n) is 6.44. The molecule has 3 atom stereocenters. The molecule has 1 aromatic heterocycles. The largest absolute Gasteiger partial charge is 0.466 e. The summed E-state index contributed by atoms with van der Waals surface area (Å²) in [5.41, 5.74) is 0.992. The van der Waals surface area contributed by atoms with Crippen molar-refractivity contribution in [3.63, 3.8) is 0 Å². The molecule has 116 valence electrons. The molecular formula is C18H26BrNO. The Morgan fingerprint density at radius 3 is 2.57 bits per heavy atom. The highest BCUT2D eigenvalue weighted by atomic mass is 79.9. The summed E-state index contributed by atoms with van der Waals surface area (Å²) < 4.78 is 7.03. The van der Waals surface area contributed by atoms with Gasteiger partial charge in [-0.15, -0.1) is 0 Å². The fraction of sp³-hybridized carbons (Fsp3) is 0.778. The van der Waals surface area contributed by atoms with Gasteiger partial charge < -0.3 is 9.73 Å². The molecule has 4 saturated carbocycles. The van der Waals surface area contributed by atoms with Crippen LogP contribution in [0.15, 0.2) is 21.2 Å². The zero-order valence-corrected chi connectivity index (χ0v) is 14.7. The van der Waals surface area contributed by atoms with Crippen molar-refractivity contribution in [2.45, 2.75) is 58.4 Å². The lowest BCUT2D eigenvalue weighted by atomic mass is 9.43. The number of hydrogen-bond donors (Lipinski definition) is 1. The summed E-state index contributed by atoms with van der Waals surface area (Å²) in [6.07, 6.45) is 10.4. The Morgan fingerprint density at radius 1 is 1.33 bits per heavy atom. The maximum atomic E-state index is 5.89. The van der Waals surface area contributed by atoms with Crippen LogP contribution in [0.4, 0.5) is 0 Å². The fourth-order valence-corrected chi connectivity index (χ4v) is 6.87. The Hall–Kier alpha value is -0.280. The van der Waals surface area contributed by atoms with Gasteiger partial charge in [-0.05, 0) is 89.7 Å². The zero-order chi connectivity index (χ0) is 14.7. The number of halogens is 1. The Balaban J connectivity index is 1.74. The standard InChI is InChI=1S/C18H26BrNO/c1-3-20-16(15-14(19)4-5-21-15)18-9-12-6-13(10-18)8-17(2,7-12)11-18/h4-5,12-13,16,20H,3,6-11H2,1-2H3. The van der Waals surface area contributed by atoms with E-state index in [0.717, 1.165) is 28.6 Å². The normalized spacial score (nSPS) is 42.4. The Labute approximate surface area is 136 Å². The summed E-state index contributed by atoms with van der Waals surface area (Å²) in [6.45, 7) is 5.76. The summed E-state index contributed by atoms with van der Waals surface area (Å²) >= 11 is 3.70. The Kier molecular flexibility index (Phi) is 3.31. The Bertz CT molecular complexity index is 523. The first kappa shape index (κ1) is 14.3. The number of furan rings is 1. The lowest BCUT2D eigenvalue weighted by Crippen LogP contribution is -2.55. The zero-order valence-electron chi connectivity index (χ0n) is 13.1. The first-order valence-corrected chi connectivity index (χ1v) is 9.29. The summed E-state index contributed by atoms with van der Waals surface area (Å²) in [7, 11) is 0. The topological polar surface area (TPSA) is 25.2 Å². The van der Waals surface area contributed by atoms with E-state index in [2.05, 4.69) is 35.1 Å². The van der Waals surface area contributed by atoms with Crippen molar-refractivity contribution in [3.05, 3.63) is 22.6 Å². The van der Waals surface area contributed by atoms with E-state index in [1.165, 1.54) is 38.5 Å². The van der Waals surface area contributed by atoms with Crippen LogP contribution in [0.3, 0.4) is 0 Å². The van der Waals surface area contributed by atoms with Crippen LogP contribution < -0.4 is 5.32 Å². The SMILES string of the molecule is CCNC(c1occc1Br)C12CC3CC(CC(C)(C3)C1)C2. The lowest BCUT2D eigenvalue weighted by Gasteiger charge is -2.63. The minimum absolute atomic E-state index is 0.372. The minimum Gasteiger partial charge on any atom is -0.466 e. The van der Waals surface area contributed by atoms with E-state index in [1.54, 1.807) is 0 Å². The van der Waals surface area contributed by atoms with E-state index in [0.29, 0.717) is 16.9 Å². The quantitative estimate of drug-likeness (QED) is 0.796. The average Bonchev–Trinajstić information content (AvgIpc) is 2.78. The number of nitrogens with one attached hydrogen (secondary N) is 1. The highest BCUT2D eigenvalue weighted by molar-refractivity contribution is 9.10. The summed E-state index contributed by atoms with van der Waals surface area (Å²) in [5.74, 6) is 3.03. The van der Waals surface area contributed by atoms with Crippen molar-refractivity contribution in [2.75, 3.05) is 6.54 Å². The van der Waals surface area contributed by atoms with Crippen molar-refractivity contribution in [2.24, 2.45) is 22.7 Å². The molecule has 21 heavy (non-hydrogen) atoms. The predicted octanol–water partition coefficient (Wildman–Crippen LogP) is 5.30. The van der Waals surface area contributed by atoms with Crippen molar-refractivity contribution in [1.82, 2.24) is 5.32 Å². The van der Waals surface area contributed by atoms with Gasteiger partial charge in [0.2, 0.25) is 0 Å². The van der Waals surface area contributed by atoms with Crippen LogP contribution in [-0.2, 0) is 0 Å². The van der Waals surface area contributed by atoms with Crippen LogP contribution in [0.1, 0.15) is 64.2 Å². The molecule has 4 aliphatic rings. The highest BCUT2D eigenvalue weighted by Crippen LogP contribution is 2.68. The summed E-state index contributed by atoms with van der Waals surface area (Å²) in [4.78, 5) is 0. The summed E-state index contributed by atoms with van der Waals surface area (Å²) in [5, 5.41) is 3.78. The molecule has 0 saturated heterocycles. The van der Waals surface area contributed by atoms with Crippen LogP contribution in [0, 0.1) is 22.7 Å². The van der Waals surface area contributed by atoms with E-state index in [1.807, 2.05) is 12.3 Å². The third-order valence-corrected chi connectivity index (χ3v) is 6.98. The Morgan fingerprint density at radius 2 is 2.05 bits per heavy atom. The smallest absolute Gasteiger partial charge is 0.135 e. The van der Waals surface area contributed by atoms with Gasteiger partial charge in [-0.1, -0.05) is 13.8 Å². The van der Waals surface area contributed by atoms with Crippen LogP contribution in [0.2, 0.25) is 0 Å². The second kappa shape index (κ2) is 4.86. The molecule has 0 aromatic carbocycles. The molecule has 5 rings (SSSR count). The molecule has 0 aliphatic heterocycles. The molecule has 4 fully saturated rings. The van der Waals surface area contributed by atoms with Crippen molar-refractivity contribution < 1.29 is 4.42 Å². The van der Waals surface area contributed by atoms with Crippen LogP contribution >= 0.6 is 15.9 Å². The molecule has 4 aliphatic carbocycles. The molecule has 0 amide bonds. The van der Waals surface area contributed by atoms with Crippen LogP contribution in [0.5, 0.6) is 0 Å². The van der Waals surface area contributed by atoms with Crippen LogP contribution in [0.25, 0.3) is 0 Å². The first-order chi connectivity index (χ1) is 10.0. The van der Waals surface area contributed by atoms with E-state index in [4.69, 9.17) is 4.42 Å². The van der Waals surface area contributed by atoms with Gasteiger partial charge in [0.15, 0.2) is 0 Å². The molecule has 4 bridgehead atoms. The summed E-state index contributed by atoms with van der Waals surface area (Å²) in [6, 6.07) is 2.42. The second-order valence-corrected chi connectivity index (χ2v) is 9.11. The third-order valence-electron chi connectivity index (χ3n) is 6.33. The van der Waals surface area contributed by atoms with Gasteiger partial charge in [-0.25, -0.2) is 0 Å². The van der Waals surface area contributed by atoms with E-state index in [-0.39, 0.29) is 0 Å². The van der Waals surface area contributed by atoms with Crippen molar-refractivity contribution >= 4 is 15.9 Å². The molecule has 3 heteroatoms. The monoisotopic (exact) mass is 351 g/mol. The van der Waals surface area contributed by atoms with Gasteiger partial charge in [0.1, 0.15) is 5.76 Å².